The number of benzene rings is 1. The zero-order valence-electron chi connectivity index (χ0n) is 21.6. The lowest BCUT2D eigenvalue weighted by Crippen LogP contribution is -2.62. The van der Waals surface area contributed by atoms with Crippen LogP contribution < -0.4 is 26.2 Å². The lowest BCUT2D eigenvalue weighted by Gasteiger charge is -2.45. The zero-order chi connectivity index (χ0) is 26.9. The smallest absolute Gasteiger partial charge is 0.326 e. The molecule has 5 atom stereocenters. The molecule has 0 bridgehead atoms. The highest BCUT2D eigenvalue weighted by Gasteiger charge is 2.51. The Morgan fingerprint density at radius 2 is 1.90 bits per heavy atom. The number of amides is 4. The van der Waals surface area contributed by atoms with Crippen LogP contribution in [0.5, 0.6) is 0 Å². The van der Waals surface area contributed by atoms with E-state index < -0.39 is 0 Å². The van der Waals surface area contributed by atoms with Gasteiger partial charge in [-0.25, -0.2) is 4.79 Å². The van der Waals surface area contributed by atoms with Gasteiger partial charge in [-0.2, -0.15) is 0 Å². The second-order valence-corrected chi connectivity index (χ2v) is 11.6. The SMILES string of the molecule is C=CC(=O)N[C@H]1CCC[C@H](NC(=O)C2=C3NC(=O)N(c4ccnc(-c5ccccc5)c4)C4CCNC(S2)C34)C1. The molecule has 9 nitrogen and oxygen atoms in total. The van der Waals surface area contributed by atoms with Gasteiger partial charge < -0.3 is 21.3 Å². The molecular weight excluding hydrogens is 512 g/mol. The van der Waals surface area contributed by atoms with Crippen LogP contribution in [0, 0.1) is 5.92 Å². The molecule has 6 rings (SSSR count). The van der Waals surface area contributed by atoms with Crippen molar-refractivity contribution in [3.63, 3.8) is 0 Å². The molecule has 1 saturated carbocycles. The molecule has 4 N–H and O–H groups in total. The topological polar surface area (TPSA) is 115 Å². The third-order valence-electron chi connectivity index (χ3n) is 7.98. The molecule has 10 heteroatoms. The van der Waals surface area contributed by atoms with Gasteiger partial charge in [0.05, 0.1) is 22.0 Å². The summed E-state index contributed by atoms with van der Waals surface area (Å²) < 4.78 is 0. The summed E-state index contributed by atoms with van der Waals surface area (Å²) in [6.07, 6.45) is 7.15. The van der Waals surface area contributed by atoms with Gasteiger partial charge in [-0.3, -0.25) is 19.5 Å². The van der Waals surface area contributed by atoms with Gasteiger partial charge in [0, 0.05) is 41.1 Å². The number of thioether (sulfide) groups is 1. The summed E-state index contributed by atoms with van der Waals surface area (Å²) in [6.45, 7) is 4.28. The number of rotatable bonds is 6. The van der Waals surface area contributed by atoms with Crippen LogP contribution in [-0.2, 0) is 9.59 Å². The van der Waals surface area contributed by atoms with E-state index in [-0.39, 0.29) is 47.3 Å². The first-order chi connectivity index (χ1) is 19.0. The van der Waals surface area contributed by atoms with Gasteiger partial charge in [0.15, 0.2) is 0 Å². The first-order valence-electron chi connectivity index (χ1n) is 13.5. The predicted octanol–water partition coefficient (Wildman–Crippen LogP) is 3.27. The van der Waals surface area contributed by atoms with Gasteiger partial charge >= 0.3 is 6.03 Å². The highest BCUT2D eigenvalue weighted by molar-refractivity contribution is 8.04. The molecule has 4 aliphatic rings. The summed E-state index contributed by atoms with van der Waals surface area (Å²) in [6, 6.07) is 13.4. The lowest BCUT2D eigenvalue weighted by molar-refractivity contribution is -0.117. The molecule has 1 aromatic heterocycles. The average Bonchev–Trinajstić information content (AvgIpc) is 3.33. The summed E-state index contributed by atoms with van der Waals surface area (Å²) in [5.74, 6) is -0.375. The van der Waals surface area contributed by atoms with Crippen LogP contribution in [0.4, 0.5) is 10.5 Å². The summed E-state index contributed by atoms with van der Waals surface area (Å²) in [5.41, 5.74) is 3.31. The van der Waals surface area contributed by atoms with E-state index in [1.54, 1.807) is 6.20 Å². The molecule has 1 aliphatic carbocycles. The molecule has 2 saturated heterocycles. The van der Waals surface area contributed by atoms with E-state index in [1.165, 1.54) is 17.8 Å². The van der Waals surface area contributed by atoms with Crippen LogP contribution in [0.3, 0.4) is 0 Å². The van der Waals surface area contributed by atoms with Gasteiger partial charge in [0.1, 0.15) is 0 Å². The molecule has 2 aromatic rings. The van der Waals surface area contributed by atoms with E-state index in [0.29, 0.717) is 17.0 Å². The van der Waals surface area contributed by atoms with Gasteiger partial charge in [-0.05, 0) is 56.9 Å². The number of anilines is 1. The Bertz CT molecular complexity index is 1330. The monoisotopic (exact) mass is 544 g/mol. The van der Waals surface area contributed by atoms with Crippen LogP contribution in [0.2, 0.25) is 0 Å². The van der Waals surface area contributed by atoms with Crippen molar-refractivity contribution in [3.05, 3.63) is 71.9 Å². The molecule has 4 heterocycles. The van der Waals surface area contributed by atoms with E-state index >= 15 is 0 Å². The molecule has 3 aliphatic heterocycles. The van der Waals surface area contributed by atoms with Crippen molar-refractivity contribution >= 4 is 35.3 Å². The molecule has 202 valence electrons. The van der Waals surface area contributed by atoms with Gasteiger partial charge in [0.2, 0.25) is 5.91 Å². The second kappa shape index (κ2) is 10.9. The highest BCUT2D eigenvalue weighted by Crippen LogP contribution is 2.48. The Labute approximate surface area is 231 Å². The number of piperidine rings is 1. The van der Waals surface area contributed by atoms with E-state index in [9.17, 15) is 14.4 Å². The van der Waals surface area contributed by atoms with Crippen molar-refractivity contribution in [2.45, 2.75) is 55.6 Å². The standard InChI is InChI=1S/C29H32N6O3S/c1-2-23(36)32-18-9-6-10-19(15-18)33-27(37)26-25-24-22(12-14-31-28(24)39-26)35(29(38)34-25)20-11-13-30-21(16-20)17-7-4-3-5-8-17/h2-5,7-8,11,13,16,18-19,22,24,28,31H,1,6,9-10,12,14-15H2,(H,32,36)(H,33,37)(H,34,38)/t18-,19-,22?,24?,28?/m0/s1. The molecule has 0 radical (unpaired) electrons. The van der Waals surface area contributed by atoms with Crippen LogP contribution in [0.25, 0.3) is 11.3 Å². The molecule has 3 fully saturated rings. The Hall–Kier alpha value is -3.63. The average molecular weight is 545 g/mol. The number of nitrogens with zero attached hydrogens (tertiary/aromatic N) is 2. The fourth-order valence-corrected chi connectivity index (χ4v) is 7.62. The first kappa shape index (κ1) is 25.6. The van der Waals surface area contributed by atoms with Crippen LogP contribution in [-0.4, -0.2) is 52.9 Å². The van der Waals surface area contributed by atoms with Crippen molar-refractivity contribution < 1.29 is 14.4 Å². The molecule has 0 spiro atoms. The van der Waals surface area contributed by atoms with E-state index in [4.69, 9.17) is 0 Å². The number of aromatic nitrogens is 1. The quantitative estimate of drug-likeness (QED) is 0.415. The van der Waals surface area contributed by atoms with E-state index in [1.807, 2.05) is 47.4 Å². The minimum Gasteiger partial charge on any atom is -0.350 e. The predicted molar refractivity (Wildman–Crippen MR) is 152 cm³/mol. The zero-order valence-corrected chi connectivity index (χ0v) is 22.4. The van der Waals surface area contributed by atoms with Crippen molar-refractivity contribution in [1.82, 2.24) is 26.3 Å². The maximum absolute atomic E-state index is 13.6. The summed E-state index contributed by atoms with van der Waals surface area (Å²) in [5, 5.41) is 12.8. The fourth-order valence-electron chi connectivity index (χ4n) is 6.22. The third kappa shape index (κ3) is 5.06. The molecule has 1 aromatic carbocycles. The van der Waals surface area contributed by atoms with Crippen LogP contribution >= 0.6 is 11.8 Å². The number of hydrogen-bond acceptors (Lipinski definition) is 6. The Morgan fingerprint density at radius 1 is 1.10 bits per heavy atom. The Balaban J connectivity index is 1.22. The normalized spacial score (nSPS) is 27.8. The highest BCUT2D eigenvalue weighted by atomic mass is 32.2. The van der Waals surface area contributed by atoms with E-state index in [2.05, 4.69) is 32.8 Å². The number of carbonyl (C=O) groups excluding carboxylic acids is 3. The minimum atomic E-state index is -0.227. The maximum atomic E-state index is 13.6. The van der Waals surface area contributed by atoms with Gasteiger partial charge in [-0.15, -0.1) is 0 Å². The van der Waals surface area contributed by atoms with Crippen molar-refractivity contribution in [3.8, 4) is 11.3 Å². The molecular formula is C29H32N6O3S. The summed E-state index contributed by atoms with van der Waals surface area (Å²) in [4.78, 5) is 45.8. The Morgan fingerprint density at radius 3 is 2.69 bits per heavy atom. The number of urea groups is 1. The number of nitrogens with one attached hydrogen (secondary N) is 4. The van der Waals surface area contributed by atoms with Crippen molar-refractivity contribution in [1.29, 1.82) is 0 Å². The molecule has 4 amide bonds. The van der Waals surface area contributed by atoms with E-state index in [0.717, 1.165) is 49.2 Å². The van der Waals surface area contributed by atoms with Crippen molar-refractivity contribution in [2.24, 2.45) is 5.92 Å². The fraction of sp³-hybridized carbons (Fsp3) is 0.379. The molecule has 3 unspecified atom stereocenters. The van der Waals surface area contributed by atoms with Crippen molar-refractivity contribution in [2.75, 3.05) is 11.4 Å². The number of carbonyl (C=O) groups is 3. The summed E-state index contributed by atoms with van der Waals surface area (Å²) in [7, 11) is 0. The molecule has 39 heavy (non-hydrogen) atoms. The number of pyridine rings is 1. The van der Waals surface area contributed by atoms with Crippen LogP contribution in [0.1, 0.15) is 32.1 Å². The third-order valence-corrected chi connectivity index (χ3v) is 9.33. The largest absolute Gasteiger partial charge is 0.350 e. The van der Waals surface area contributed by atoms with Gasteiger partial charge in [0.25, 0.3) is 5.91 Å². The summed E-state index contributed by atoms with van der Waals surface area (Å²) >= 11 is 1.50. The number of hydrogen-bond donors (Lipinski definition) is 4. The second-order valence-electron chi connectivity index (χ2n) is 10.4. The van der Waals surface area contributed by atoms with Gasteiger partial charge in [-0.1, -0.05) is 48.7 Å². The van der Waals surface area contributed by atoms with Crippen LogP contribution in [0.15, 0.2) is 71.9 Å². The lowest BCUT2D eigenvalue weighted by atomic mass is 9.86. The Kier molecular flexibility index (Phi) is 7.14. The first-order valence-corrected chi connectivity index (χ1v) is 14.4. The maximum Gasteiger partial charge on any atom is 0.326 e. The minimum absolute atomic E-state index is 0.00372.